The fraction of sp³-hybridized carbons (Fsp3) is 0.667. The summed E-state index contributed by atoms with van der Waals surface area (Å²) in [6.07, 6.45) is 4.56. The molecule has 0 aromatic carbocycles. The van der Waals surface area contributed by atoms with Gasteiger partial charge in [-0.05, 0) is 57.8 Å². The zero-order valence-electron chi connectivity index (χ0n) is 11.6. The molecule has 0 aliphatic carbocycles. The average molecular weight is 247 g/mol. The number of piperidine rings is 1. The molecule has 1 saturated heterocycles. The molecular weight excluding hydrogens is 222 g/mol. The molecule has 2 heterocycles. The Morgan fingerprint density at radius 1 is 1.44 bits per heavy atom. The summed E-state index contributed by atoms with van der Waals surface area (Å²) in [6.45, 7) is 9.07. The van der Waals surface area contributed by atoms with Crippen molar-refractivity contribution in [2.24, 2.45) is 5.92 Å². The van der Waals surface area contributed by atoms with Gasteiger partial charge < -0.3 is 5.32 Å². The molecule has 2 rings (SSSR count). The maximum Gasteiger partial charge on any atom is 0.0544 e. The molecule has 1 aliphatic heterocycles. The van der Waals surface area contributed by atoms with Crippen molar-refractivity contribution in [1.82, 2.24) is 15.2 Å². The van der Waals surface area contributed by atoms with E-state index in [0.717, 1.165) is 12.5 Å². The molecule has 3 nitrogen and oxygen atoms in total. The van der Waals surface area contributed by atoms with Crippen molar-refractivity contribution < 1.29 is 0 Å². The highest BCUT2D eigenvalue weighted by molar-refractivity contribution is 5.03. The van der Waals surface area contributed by atoms with Crippen LogP contribution in [-0.4, -0.2) is 35.6 Å². The van der Waals surface area contributed by atoms with Crippen LogP contribution in [0.25, 0.3) is 0 Å². The summed E-state index contributed by atoms with van der Waals surface area (Å²) < 4.78 is 0. The first kappa shape index (κ1) is 13.5. The average Bonchev–Trinajstić information content (AvgIpc) is 2.40. The van der Waals surface area contributed by atoms with Crippen molar-refractivity contribution >= 4 is 0 Å². The highest BCUT2D eigenvalue weighted by Gasteiger charge is 2.19. The van der Waals surface area contributed by atoms with Gasteiger partial charge in [-0.15, -0.1) is 0 Å². The highest BCUT2D eigenvalue weighted by atomic mass is 15.2. The van der Waals surface area contributed by atoms with Gasteiger partial charge in [0.1, 0.15) is 0 Å². The summed E-state index contributed by atoms with van der Waals surface area (Å²) in [5, 5.41) is 3.50. The Hall–Kier alpha value is -0.930. The second-order valence-electron chi connectivity index (χ2n) is 5.56. The summed E-state index contributed by atoms with van der Waals surface area (Å²) in [4.78, 5) is 6.98. The zero-order valence-corrected chi connectivity index (χ0v) is 11.6. The maximum absolute atomic E-state index is 4.44. The van der Waals surface area contributed by atoms with Gasteiger partial charge in [-0.2, -0.15) is 0 Å². The third-order valence-corrected chi connectivity index (χ3v) is 3.71. The van der Waals surface area contributed by atoms with Crippen molar-refractivity contribution in [3.05, 3.63) is 30.1 Å². The molecule has 100 valence electrons. The predicted molar refractivity (Wildman–Crippen MR) is 75.4 cm³/mol. The fourth-order valence-corrected chi connectivity index (χ4v) is 2.57. The van der Waals surface area contributed by atoms with E-state index in [-0.39, 0.29) is 0 Å². The zero-order chi connectivity index (χ0) is 12.8. The van der Waals surface area contributed by atoms with Gasteiger partial charge in [0.15, 0.2) is 0 Å². The van der Waals surface area contributed by atoms with Gasteiger partial charge in [0, 0.05) is 25.3 Å². The molecule has 0 radical (unpaired) electrons. The minimum absolute atomic E-state index is 0.578. The Morgan fingerprint density at radius 3 is 2.94 bits per heavy atom. The predicted octanol–water partition coefficient (Wildman–Crippen LogP) is 2.29. The normalized spacial score (nSPS) is 20.6. The van der Waals surface area contributed by atoms with Crippen LogP contribution in [0.5, 0.6) is 0 Å². The molecule has 0 spiro atoms. The van der Waals surface area contributed by atoms with Crippen molar-refractivity contribution in [3.8, 4) is 0 Å². The molecule has 0 saturated carbocycles. The van der Waals surface area contributed by atoms with E-state index in [2.05, 4.69) is 41.2 Å². The first-order valence-electron chi connectivity index (χ1n) is 7.10. The van der Waals surface area contributed by atoms with E-state index in [1.54, 1.807) is 0 Å². The quantitative estimate of drug-likeness (QED) is 0.865. The second-order valence-corrected chi connectivity index (χ2v) is 5.56. The Labute approximate surface area is 111 Å². The summed E-state index contributed by atoms with van der Waals surface area (Å²) >= 11 is 0. The molecule has 18 heavy (non-hydrogen) atoms. The molecule has 1 aromatic rings. The van der Waals surface area contributed by atoms with Crippen molar-refractivity contribution in [3.63, 3.8) is 0 Å². The molecule has 1 fully saturated rings. The minimum Gasteiger partial charge on any atom is -0.316 e. The number of nitrogens with one attached hydrogen (secondary N) is 1. The van der Waals surface area contributed by atoms with Crippen LogP contribution in [0.4, 0.5) is 0 Å². The standard InChI is InChI=1S/C15H25N3/c1-13(2)18(11-14-6-5-8-16-10-14)12-15-7-3-4-9-17-15/h3-4,7,9,13-14,16H,5-6,8,10-12H2,1-2H3. The van der Waals surface area contributed by atoms with E-state index in [1.807, 2.05) is 12.3 Å². The SMILES string of the molecule is CC(C)N(Cc1ccccn1)CC1CCCNC1. The van der Waals surface area contributed by atoms with Crippen molar-refractivity contribution in [1.29, 1.82) is 0 Å². The Morgan fingerprint density at radius 2 is 2.33 bits per heavy atom. The van der Waals surface area contributed by atoms with Crippen LogP contribution in [-0.2, 0) is 6.54 Å². The Bertz CT molecular complexity index is 331. The molecule has 1 atom stereocenters. The number of pyridine rings is 1. The van der Waals surface area contributed by atoms with E-state index in [1.165, 1.54) is 38.2 Å². The molecular formula is C15H25N3. The largest absolute Gasteiger partial charge is 0.316 e. The summed E-state index contributed by atoms with van der Waals surface area (Å²) in [7, 11) is 0. The molecule has 1 aromatic heterocycles. The van der Waals surface area contributed by atoms with Crippen LogP contribution >= 0.6 is 0 Å². The van der Waals surface area contributed by atoms with E-state index in [0.29, 0.717) is 6.04 Å². The van der Waals surface area contributed by atoms with E-state index in [4.69, 9.17) is 0 Å². The van der Waals surface area contributed by atoms with Crippen LogP contribution in [0.1, 0.15) is 32.4 Å². The first-order chi connectivity index (χ1) is 8.75. The van der Waals surface area contributed by atoms with Gasteiger partial charge in [0.2, 0.25) is 0 Å². The maximum atomic E-state index is 4.44. The molecule has 1 aliphatic rings. The van der Waals surface area contributed by atoms with Crippen LogP contribution in [0.3, 0.4) is 0 Å². The molecule has 0 amide bonds. The van der Waals surface area contributed by atoms with Gasteiger partial charge in [-0.3, -0.25) is 9.88 Å². The lowest BCUT2D eigenvalue weighted by molar-refractivity contribution is 0.162. The summed E-state index contributed by atoms with van der Waals surface area (Å²) in [5.41, 5.74) is 1.18. The van der Waals surface area contributed by atoms with E-state index < -0.39 is 0 Å². The van der Waals surface area contributed by atoms with Crippen LogP contribution in [0.15, 0.2) is 24.4 Å². The van der Waals surface area contributed by atoms with Crippen molar-refractivity contribution in [2.75, 3.05) is 19.6 Å². The van der Waals surface area contributed by atoms with Gasteiger partial charge in [-0.1, -0.05) is 6.07 Å². The first-order valence-corrected chi connectivity index (χ1v) is 7.10. The Kier molecular flexibility index (Phi) is 5.14. The van der Waals surface area contributed by atoms with Crippen LogP contribution in [0.2, 0.25) is 0 Å². The minimum atomic E-state index is 0.578. The summed E-state index contributed by atoms with van der Waals surface area (Å²) in [6, 6.07) is 6.75. The lowest BCUT2D eigenvalue weighted by Gasteiger charge is -2.32. The Balaban J connectivity index is 1.91. The van der Waals surface area contributed by atoms with E-state index >= 15 is 0 Å². The second kappa shape index (κ2) is 6.86. The van der Waals surface area contributed by atoms with Gasteiger partial charge >= 0.3 is 0 Å². The lowest BCUT2D eigenvalue weighted by Crippen LogP contribution is -2.40. The van der Waals surface area contributed by atoms with E-state index in [9.17, 15) is 0 Å². The molecule has 3 heteroatoms. The third-order valence-electron chi connectivity index (χ3n) is 3.71. The lowest BCUT2D eigenvalue weighted by atomic mass is 9.98. The molecule has 1 unspecified atom stereocenters. The topological polar surface area (TPSA) is 28.2 Å². The monoisotopic (exact) mass is 247 g/mol. The molecule has 0 bridgehead atoms. The van der Waals surface area contributed by atoms with Gasteiger partial charge in [0.25, 0.3) is 0 Å². The van der Waals surface area contributed by atoms with Gasteiger partial charge in [0.05, 0.1) is 5.69 Å². The number of aromatic nitrogens is 1. The smallest absolute Gasteiger partial charge is 0.0544 e. The number of rotatable bonds is 5. The number of hydrogen-bond acceptors (Lipinski definition) is 3. The number of hydrogen-bond donors (Lipinski definition) is 1. The molecule has 1 N–H and O–H groups in total. The van der Waals surface area contributed by atoms with Gasteiger partial charge in [-0.25, -0.2) is 0 Å². The third kappa shape index (κ3) is 4.07. The highest BCUT2D eigenvalue weighted by Crippen LogP contribution is 2.15. The van der Waals surface area contributed by atoms with Crippen LogP contribution in [0, 0.1) is 5.92 Å². The summed E-state index contributed by atoms with van der Waals surface area (Å²) in [5.74, 6) is 0.796. The van der Waals surface area contributed by atoms with Crippen LogP contribution < -0.4 is 5.32 Å². The van der Waals surface area contributed by atoms with Crippen molar-refractivity contribution in [2.45, 2.75) is 39.3 Å². The number of nitrogens with zero attached hydrogens (tertiary/aromatic N) is 2. The fourth-order valence-electron chi connectivity index (χ4n) is 2.57.